The maximum atomic E-state index is 12.3. The summed E-state index contributed by atoms with van der Waals surface area (Å²) in [5.41, 5.74) is 0. The van der Waals surface area contributed by atoms with Gasteiger partial charge in [-0.25, -0.2) is 0 Å². The molecule has 9 atom stereocenters. The molecule has 0 radical (unpaired) electrons. The lowest BCUT2D eigenvalue weighted by Crippen LogP contribution is -2.35. The second-order valence-corrected chi connectivity index (χ2v) is 18.2. The molecule has 2 N–H and O–H groups in total. The smallest absolute Gasteiger partial charge is 0.220 e. The molecule has 0 heterocycles. The summed E-state index contributed by atoms with van der Waals surface area (Å²) in [5.74, 6) is 11.6. The zero-order valence-electron chi connectivity index (χ0n) is 32.0. The van der Waals surface area contributed by atoms with E-state index < -0.39 is 0 Å². The van der Waals surface area contributed by atoms with E-state index >= 15 is 0 Å². The molecule has 0 aromatic heterocycles. The number of fused-ring (bicyclic) bond motifs is 1. The minimum absolute atomic E-state index is 0.176. The molecule has 5 aliphatic carbocycles. The summed E-state index contributed by atoms with van der Waals surface area (Å²) in [6.07, 6.45) is 34.5. The van der Waals surface area contributed by atoms with Crippen LogP contribution in [-0.4, -0.2) is 24.9 Å². The standard InChI is InChI=1S/C44H78N2O2/c1-4-6-13-19-33-25-36(33)28-37-26-34(37)21-15-9-8-10-17-23-41(47)45-30-32(3)31-46-42(48)24-18-12-11-16-22-39-43-40(44(39)43)29-38-27-35(38)20-14-7-5-2/h32-40,43-44H,4-31H2,1-3H3,(H,45,47)(H,46,48). The van der Waals surface area contributed by atoms with E-state index in [4.69, 9.17) is 0 Å². The predicted octanol–water partition coefficient (Wildman–Crippen LogP) is 11.3. The van der Waals surface area contributed by atoms with Crippen LogP contribution in [0.3, 0.4) is 0 Å². The number of hydrogen-bond acceptors (Lipinski definition) is 2. The first kappa shape index (κ1) is 38.2. The van der Waals surface area contributed by atoms with Gasteiger partial charge in [-0.1, -0.05) is 124 Å². The van der Waals surface area contributed by atoms with Gasteiger partial charge in [0.1, 0.15) is 0 Å². The zero-order valence-corrected chi connectivity index (χ0v) is 32.0. The highest BCUT2D eigenvalue weighted by Gasteiger charge is 2.72. The monoisotopic (exact) mass is 667 g/mol. The van der Waals surface area contributed by atoms with E-state index in [1.165, 1.54) is 122 Å². The Morgan fingerprint density at radius 3 is 1.42 bits per heavy atom. The maximum absolute atomic E-state index is 12.3. The molecule has 9 unspecified atom stereocenters. The average molecular weight is 667 g/mol. The quantitative estimate of drug-likeness (QED) is 0.0724. The summed E-state index contributed by atoms with van der Waals surface area (Å²) in [6, 6.07) is 0. The van der Waals surface area contributed by atoms with Crippen LogP contribution in [0.1, 0.15) is 188 Å². The van der Waals surface area contributed by atoms with Crippen molar-refractivity contribution in [1.82, 2.24) is 10.6 Å². The molecule has 5 fully saturated rings. The van der Waals surface area contributed by atoms with Gasteiger partial charge in [0.25, 0.3) is 0 Å². The van der Waals surface area contributed by atoms with Crippen molar-refractivity contribution in [3.05, 3.63) is 0 Å². The second-order valence-electron chi connectivity index (χ2n) is 18.2. The van der Waals surface area contributed by atoms with E-state index in [9.17, 15) is 9.59 Å². The van der Waals surface area contributed by atoms with Crippen LogP contribution in [0, 0.1) is 65.1 Å². The number of rotatable bonds is 31. The molecule has 0 bridgehead atoms. The lowest BCUT2D eigenvalue weighted by atomic mass is 9.94. The van der Waals surface area contributed by atoms with E-state index in [0.717, 1.165) is 72.0 Å². The van der Waals surface area contributed by atoms with Crippen LogP contribution in [0.25, 0.3) is 0 Å². The third-order valence-electron chi connectivity index (χ3n) is 13.9. The van der Waals surface area contributed by atoms with E-state index in [1.54, 1.807) is 19.3 Å². The third kappa shape index (κ3) is 13.6. The zero-order chi connectivity index (χ0) is 33.7. The molecule has 0 aromatic carbocycles. The Morgan fingerprint density at radius 2 is 0.917 bits per heavy atom. The summed E-state index contributed by atoms with van der Waals surface area (Å²) in [7, 11) is 0. The van der Waals surface area contributed by atoms with Gasteiger partial charge in [0.15, 0.2) is 0 Å². The summed E-state index contributed by atoms with van der Waals surface area (Å²) >= 11 is 0. The van der Waals surface area contributed by atoms with E-state index in [-0.39, 0.29) is 17.7 Å². The molecule has 276 valence electrons. The summed E-state index contributed by atoms with van der Waals surface area (Å²) < 4.78 is 0. The van der Waals surface area contributed by atoms with Crippen LogP contribution >= 0.6 is 0 Å². The fourth-order valence-corrected chi connectivity index (χ4v) is 10.0. The first-order valence-electron chi connectivity index (χ1n) is 22.0. The van der Waals surface area contributed by atoms with Crippen LogP contribution in [0.5, 0.6) is 0 Å². The van der Waals surface area contributed by atoms with Gasteiger partial charge in [-0.3, -0.25) is 9.59 Å². The van der Waals surface area contributed by atoms with Gasteiger partial charge in [0.2, 0.25) is 11.8 Å². The SMILES string of the molecule is CCCCCC1CC1CC1CC1CCCCCCCC(=O)NCC(C)CNC(=O)CCCCCCC1C2C(CC3CC3CCCCC)C12. The van der Waals surface area contributed by atoms with Gasteiger partial charge in [0, 0.05) is 25.9 Å². The largest absolute Gasteiger partial charge is 0.356 e. The highest BCUT2D eigenvalue weighted by Crippen LogP contribution is 2.77. The number of carbonyl (C=O) groups excluding carboxylic acids is 2. The van der Waals surface area contributed by atoms with Crippen LogP contribution in [0.2, 0.25) is 0 Å². The fourth-order valence-electron chi connectivity index (χ4n) is 10.0. The van der Waals surface area contributed by atoms with E-state index in [1.807, 2.05) is 0 Å². The number of amides is 2. The summed E-state index contributed by atoms with van der Waals surface area (Å²) in [6.45, 7) is 8.06. The Hall–Kier alpha value is -1.06. The van der Waals surface area contributed by atoms with Crippen LogP contribution in [0.4, 0.5) is 0 Å². The molecule has 0 aliphatic heterocycles. The Morgan fingerprint density at radius 1 is 0.500 bits per heavy atom. The Balaban J connectivity index is 0.729. The lowest BCUT2D eigenvalue weighted by molar-refractivity contribution is -0.121. The van der Waals surface area contributed by atoms with Crippen molar-refractivity contribution in [1.29, 1.82) is 0 Å². The molecule has 4 nitrogen and oxygen atoms in total. The Kier molecular flexibility index (Phi) is 16.0. The highest BCUT2D eigenvalue weighted by atomic mass is 16.2. The molecule has 0 aromatic rings. The van der Waals surface area contributed by atoms with Gasteiger partial charge < -0.3 is 10.6 Å². The first-order valence-corrected chi connectivity index (χ1v) is 22.0. The fraction of sp³-hybridized carbons (Fsp3) is 0.955. The minimum Gasteiger partial charge on any atom is -0.356 e. The molecule has 5 aliphatic rings. The molecule has 5 saturated carbocycles. The van der Waals surface area contributed by atoms with Crippen molar-refractivity contribution in [2.45, 2.75) is 188 Å². The van der Waals surface area contributed by atoms with Crippen molar-refractivity contribution in [3.8, 4) is 0 Å². The van der Waals surface area contributed by atoms with Crippen molar-refractivity contribution in [3.63, 3.8) is 0 Å². The van der Waals surface area contributed by atoms with Crippen molar-refractivity contribution < 1.29 is 9.59 Å². The number of unbranched alkanes of at least 4 members (excludes halogenated alkanes) is 11. The topological polar surface area (TPSA) is 58.2 Å². The van der Waals surface area contributed by atoms with Crippen molar-refractivity contribution in [2.24, 2.45) is 65.1 Å². The minimum atomic E-state index is 0.176. The van der Waals surface area contributed by atoms with Crippen LogP contribution < -0.4 is 10.6 Å². The van der Waals surface area contributed by atoms with Gasteiger partial charge in [0.05, 0.1) is 0 Å². The highest BCUT2D eigenvalue weighted by molar-refractivity contribution is 5.76. The Labute approximate surface area is 297 Å². The maximum Gasteiger partial charge on any atom is 0.220 e. The third-order valence-corrected chi connectivity index (χ3v) is 13.9. The summed E-state index contributed by atoms with van der Waals surface area (Å²) in [4.78, 5) is 24.6. The van der Waals surface area contributed by atoms with E-state index in [2.05, 4.69) is 31.4 Å². The van der Waals surface area contributed by atoms with Gasteiger partial charge >= 0.3 is 0 Å². The molecule has 4 heteroatoms. The number of hydrogen-bond donors (Lipinski definition) is 2. The van der Waals surface area contributed by atoms with Gasteiger partial charge in [-0.2, -0.15) is 0 Å². The Bertz CT molecular complexity index is 940. The van der Waals surface area contributed by atoms with Crippen LogP contribution in [-0.2, 0) is 9.59 Å². The van der Waals surface area contributed by atoms with Gasteiger partial charge in [-0.05, 0) is 116 Å². The van der Waals surface area contributed by atoms with Crippen molar-refractivity contribution >= 4 is 11.8 Å². The summed E-state index contributed by atoms with van der Waals surface area (Å²) in [5, 5.41) is 6.20. The average Bonchev–Trinajstić information content (AvgIpc) is 3.85. The van der Waals surface area contributed by atoms with Gasteiger partial charge in [-0.15, -0.1) is 0 Å². The molecule has 2 amide bonds. The first-order chi connectivity index (χ1) is 23.5. The molecular formula is C44H78N2O2. The molecular weight excluding hydrogens is 588 g/mol. The number of carbonyl (C=O) groups is 2. The normalized spacial score (nSPS) is 32.7. The van der Waals surface area contributed by atoms with Crippen LogP contribution in [0.15, 0.2) is 0 Å². The second kappa shape index (κ2) is 20.1. The van der Waals surface area contributed by atoms with E-state index in [0.29, 0.717) is 25.9 Å². The predicted molar refractivity (Wildman–Crippen MR) is 201 cm³/mol. The molecule has 48 heavy (non-hydrogen) atoms. The lowest BCUT2D eigenvalue weighted by Gasteiger charge is -2.14. The molecule has 5 rings (SSSR count). The number of nitrogens with one attached hydrogen (secondary N) is 2. The molecule has 0 saturated heterocycles. The van der Waals surface area contributed by atoms with Crippen molar-refractivity contribution in [2.75, 3.05) is 13.1 Å². The molecule has 0 spiro atoms.